The van der Waals surface area contributed by atoms with Gasteiger partial charge in [0.25, 0.3) is 5.76 Å². The lowest BCUT2D eigenvalue weighted by Gasteiger charge is -2.07. The smallest absolute Gasteiger partial charge is 0.375 e. The molecule has 0 spiro atoms. The van der Waals surface area contributed by atoms with E-state index >= 15 is 0 Å². The van der Waals surface area contributed by atoms with E-state index in [0.717, 1.165) is 0 Å². The van der Waals surface area contributed by atoms with E-state index in [1.165, 1.54) is 6.07 Å². The van der Waals surface area contributed by atoms with E-state index in [2.05, 4.69) is 0 Å². The zero-order chi connectivity index (χ0) is 12.6. The van der Waals surface area contributed by atoms with Crippen LogP contribution >= 0.6 is 23.2 Å². The molecular formula is C11H8Cl2O4. The number of halogens is 2. The van der Waals surface area contributed by atoms with E-state index in [0.29, 0.717) is 15.6 Å². The van der Waals surface area contributed by atoms with Gasteiger partial charge in [-0.3, -0.25) is 0 Å². The van der Waals surface area contributed by atoms with E-state index in [1.807, 2.05) is 0 Å². The monoisotopic (exact) mass is 274 g/mol. The molecule has 0 fully saturated rings. The van der Waals surface area contributed by atoms with Crippen LogP contribution in [0.4, 0.5) is 0 Å². The molecule has 1 aromatic rings. The first-order chi connectivity index (χ1) is 7.99. The number of benzene rings is 1. The first kappa shape index (κ1) is 12.1. The minimum Gasteiger partial charge on any atom is -0.475 e. The minimum absolute atomic E-state index is 0.117. The number of hydrogen-bond acceptors (Lipinski definition) is 3. The summed E-state index contributed by atoms with van der Waals surface area (Å²) in [5.74, 6) is -1.33. The number of ether oxygens (including phenoxy) is 2. The van der Waals surface area contributed by atoms with E-state index in [-0.39, 0.29) is 11.5 Å². The van der Waals surface area contributed by atoms with Crippen LogP contribution in [0.2, 0.25) is 10.0 Å². The van der Waals surface area contributed by atoms with Gasteiger partial charge in [0.05, 0.1) is 5.02 Å². The Morgan fingerprint density at radius 3 is 2.65 bits per heavy atom. The molecule has 0 radical (unpaired) electrons. The molecule has 1 unspecified atom stereocenters. The highest BCUT2D eigenvalue weighted by molar-refractivity contribution is 6.35. The van der Waals surface area contributed by atoms with Crippen LogP contribution < -0.4 is 0 Å². The van der Waals surface area contributed by atoms with Crippen LogP contribution in [0.25, 0.3) is 5.76 Å². The fraction of sp³-hybridized carbons (Fsp3) is 0.182. The zero-order valence-electron chi connectivity index (χ0n) is 8.74. The molecule has 1 atom stereocenters. The quantitative estimate of drug-likeness (QED) is 0.900. The molecule has 1 aromatic carbocycles. The Hall–Kier alpha value is -1.39. The lowest BCUT2D eigenvalue weighted by atomic mass is 10.1. The lowest BCUT2D eigenvalue weighted by molar-refractivity contribution is -0.138. The van der Waals surface area contributed by atoms with E-state index < -0.39 is 12.3 Å². The summed E-state index contributed by atoms with van der Waals surface area (Å²) in [6.45, 7) is 1.60. The average molecular weight is 275 g/mol. The molecule has 4 nitrogen and oxygen atoms in total. The van der Waals surface area contributed by atoms with Gasteiger partial charge in [0.2, 0.25) is 6.29 Å². The second-order valence-electron chi connectivity index (χ2n) is 3.39. The molecule has 0 saturated carbocycles. The normalized spacial score (nSPS) is 18.9. The van der Waals surface area contributed by atoms with Crippen molar-refractivity contribution in [3.05, 3.63) is 39.6 Å². The Labute approximate surface area is 107 Å². The van der Waals surface area contributed by atoms with Gasteiger partial charge in [0.15, 0.2) is 5.76 Å². The van der Waals surface area contributed by atoms with Gasteiger partial charge in [0, 0.05) is 17.5 Å². The summed E-state index contributed by atoms with van der Waals surface area (Å²) in [6, 6.07) is 4.70. The molecule has 0 aromatic heterocycles. The Bertz CT molecular complexity index is 510. The van der Waals surface area contributed by atoms with Gasteiger partial charge in [-0.2, -0.15) is 0 Å². The number of aliphatic carboxylic acids is 1. The van der Waals surface area contributed by atoms with Gasteiger partial charge >= 0.3 is 5.97 Å². The Morgan fingerprint density at radius 1 is 1.35 bits per heavy atom. The van der Waals surface area contributed by atoms with Gasteiger partial charge < -0.3 is 14.6 Å². The molecule has 6 heteroatoms. The van der Waals surface area contributed by atoms with E-state index in [1.54, 1.807) is 19.1 Å². The molecule has 0 aliphatic carbocycles. The molecule has 2 rings (SSSR count). The molecule has 1 N–H and O–H groups in total. The van der Waals surface area contributed by atoms with Gasteiger partial charge in [-0.15, -0.1) is 0 Å². The zero-order valence-corrected chi connectivity index (χ0v) is 10.2. The maximum absolute atomic E-state index is 11.0. The van der Waals surface area contributed by atoms with E-state index in [4.69, 9.17) is 37.8 Å². The molecule has 17 heavy (non-hydrogen) atoms. The summed E-state index contributed by atoms with van der Waals surface area (Å²) >= 11 is 11.7. The van der Waals surface area contributed by atoms with Crippen molar-refractivity contribution in [2.45, 2.75) is 13.2 Å². The standard InChI is InChI=1S/C11H8Cl2O4/c1-5-16-9(10(17-5)11(14)15)7-3-2-6(12)4-8(7)13/h2-5H,1H3,(H,14,15). The highest BCUT2D eigenvalue weighted by atomic mass is 35.5. The van der Waals surface area contributed by atoms with Crippen LogP contribution in [0.3, 0.4) is 0 Å². The summed E-state index contributed by atoms with van der Waals surface area (Å²) in [5, 5.41) is 9.75. The van der Waals surface area contributed by atoms with Gasteiger partial charge in [-0.25, -0.2) is 4.79 Å². The van der Waals surface area contributed by atoms with E-state index in [9.17, 15) is 4.79 Å². The van der Waals surface area contributed by atoms with Crippen molar-refractivity contribution < 1.29 is 19.4 Å². The molecule has 1 aliphatic heterocycles. The molecule has 1 aliphatic rings. The third-order valence-corrected chi connectivity index (χ3v) is 2.69. The molecule has 1 heterocycles. The molecule has 0 bridgehead atoms. The molecule has 0 saturated heterocycles. The summed E-state index contributed by atoms with van der Waals surface area (Å²) in [6.07, 6.45) is -0.650. The van der Waals surface area contributed by atoms with Crippen LogP contribution in [0.5, 0.6) is 0 Å². The second-order valence-corrected chi connectivity index (χ2v) is 4.23. The fourth-order valence-electron chi connectivity index (χ4n) is 1.47. The predicted molar refractivity (Wildman–Crippen MR) is 62.6 cm³/mol. The van der Waals surface area contributed by atoms with Crippen LogP contribution in [0.15, 0.2) is 24.0 Å². The average Bonchev–Trinajstić information content (AvgIpc) is 2.60. The van der Waals surface area contributed by atoms with Gasteiger partial charge in [-0.05, 0) is 18.2 Å². The molecule has 90 valence electrons. The van der Waals surface area contributed by atoms with Crippen molar-refractivity contribution in [2.75, 3.05) is 0 Å². The number of hydrogen-bond donors (Lipinski definition) is 1. The molecule has 0 amide bonds. The fourth-order valence-corrected chi connectivity index (χ4v) is 1.96. The first-order valence-corrected chi connectivity index (χ1v) is 5.51. The second kappa shape index (κ2) is 4.47. The third-order valence-electron chi connectivity index (χ3n) is 2.14. The largest absolute Gasteiger partial charge is 0.475 e. The SMILES string of the molecule is CC1OC(C(=O)O)=C(c2ccc(Cl)cc2Cl)O1. The summed E-state index contributed by atoms with van der Waals surface area (Å²) < 4.78 is 10.3. The number of carbonyl (C=O) groups is 1. The number of carboxylic acids is 1. The van der Waals surface area contributed by atoms with Crippen molar-refractivity contribution in [3.8, 4) is 0 Å². The van der Waals surface area contributed by atoms with Crippen LogP contribution in [-0.4, -0.2) is 17.4 Å². The third kappa shape index (κ3) is 2.33. The summed E-state index contributed by atoms with van der Waals surface area (Å²) in [5.41, 5.74) is 0.442. The summed E-state index contributed by atoms with van der Waals surface area (Å²) in [7, 11) is 0. The highest BCUT2D eigenvalue weighted by Gasteiger charge is 2.31. The van der Waals surface area contributed by atoms with Crippen molar-refractivity contribution in [1.29, 1.82) is 0 Å². The van der Waals surface area contributed by atoms with Crippen molar-refractivity contribution in [2.24, 2.45) is 0 Å². The first-order valence-electron chi connectivity index (χ1n) is 4.75. The summed E-state index contributed by atoms with van der Waals surface area (Å²) in [4.78, 5) is 11.0. The van der Waals surface area contributed by atoms with Crippen molar-refractivity contribution in [3.63, 3.8) is 0 Å². The molecular weight excluding hydrogens is 267 g/mol. The minimum atomic E-state index is -1.20. The Morgan fingerprint density at radius 2 is 2.06 bits per heavy atom. The van der Waals surface area contributed by atoms with Gasteiger partial charge in [-0.1, -0.05) is 23.2 Å². The Balaban J connectivity index is 2.51. The maximum Gasteiger partial charge on any atom is 0.375 e. The number of rotatable bonds is 2. The number of carboxylic acid groups (broad SMARTS) is 1. The Kier molecular flexibility index (Phi) is 3.17. The van der Waals surface area contributed by atoms with Crippen LogP contribution in [0, 0.1) is 0 Å². The predicted octanol–water partition coefficient (Wildman–Crippen LogP) is 3.14. The maximum atomic E-state index is 11.0. The van der Waals surface area contributed by atoms with Crippen molar-refractivity contribution in [1.82, 2.24) is 0 Å². The van der Waals surface area contributed by atoms with Crippen molar-refractivity contribution >= 4 is 34.9 Å². The van der Waals surface area contributed by atoms with Gasteiger partial charge in [0.1, 0.15) is 0 Å². The lowest BCUT2D eigenvalue weighted by Crippen LogP contribution is -2.06. The topological polar surface area (TPSA) is 55.8 Å². The highest BCUT2D eigenvalue weighted by Crippen LogP contribution is 2.35. The van der Waals surface area contributed by atoms with Crippen LogP contribution in [-0.2, 0) is 14.3 Å². The van der Waals surface area contributed by atoms with Crippen LogP contribution in [0.1, 0.15) is 12.5 Å².